The molecule has 1 aliphatic rings. The van der Waals surface area contributed by atoms with E-state index in [0.717, 1.165) is 31.6 Å². The van der Waals surface area contributed by atoms with Crippen molar-refractivity contribution in [2.24, 2.45) is 5.92 Å². The molecular weight excluding hydrogens is 215 g/mol. The van der Waals surface area contributed by atoms with Gasteiger partial charge in [0, 0.05) is 13.1 Å². The fourth-order valence-corrected chi connectivity index (χ4v) is 2.50. The van der Waals surface area contributed by atoms with Crippen LogP contribution < -0.4 is 4.90 Å². The van der Waals surface area contributed by atoms with Gasteiger partial charge in [0.2, 0.25) is 0 Å². The summed E-state index contributed by atoms with van der Waals surface area (Å²) in [7, 11) is 0. The average molecular weight is 232 g/mol. The summed E-state index contributed by atoms with van der Waals surface area (Å²) < 4.78 is 13.5. The second-order valence-corrected chi connectivity index (χ2v) is 4.61. The summed E-state index contributed by atoms with van der Waals surface area (Å²) in [4.78, 5) is 2.15. The zero-order valence-corrected chi connectivity index (χ0v) is 10.1. The van der Waals surface area contributed by atoms with E-state index in [-0.39, 0.29) is 5.56 Å². The van der Waals surface area contributed by atoms with Gasteiger partial charge in [-0.2, -0.15) is 5.26 Å². The van der Waals surface area contributed by atoms with Crippen LogP contribution in [0.1, 0.15) is 31.7 Å². The van der Waals surface area contributed by atoms with E-state index in [0.29, 0.717) is 5.92 Å². The molecule has 90 valence electrons. The summed E-state index contributed by atoms with van der Waals surface area (Å²) in [5.74, 6) is 0.252. The van der Waals surface area contributed by atoms with Gasteiger partial charge in [-0.3, -0.25) is 0 Å². The van der Waals surface area contributed by atoms with Crippen molar-refractivity contribution >= 4 is 5.69 Å². The summed E-state index contributed by atoms with van der Waals surface area (Å²) in [6.45, 7) is 4.05. The van der Waals surface area contributed by atoms with Crippen molar-refractivity contribution in [2.45, 2.75) is 26.2 Å². The highest BCUT2D eigenvalue weighted by molar-refractivity contribution is 5.60. The number of hydrogen-bond donors (Lipinski definition) is 0. The lowest BCUT2D eigenvalue weighted by atomic mass is 9.95. The van der Waals surface area contributed by atoms with Gasteiger partial charge in [0.1, 0.15) is 17.4 Å². The maximum absolute atomic E-state index is 13.5. The molecule has 1 atom stereocenters. The third kappa shape index (κ3) is 2.41. The van der Waals surface area contributed by atoms with Crippen LogP contribution in [0.15, 0.2) is 18.2 Å². The highest BCUT2D eigenvalue weighted by Gasteiger charge is 2.21. The summed E-state index contributed by atoms with van der Waals surface area (Å²) in [6, 6.07) is 6.86. The van der Waals surface area contributed by atoms with Crippen molar-refractivity contribution in [1.82, 2.24) is 0 Å². The van der Waals surface area contributed by atoms with Gasteiger partial charge in [0.05, 0.1) is 5.69 Å². The molecule has 0 bridgehead atoms. The Kier molecular flexibility index (Phi) is 3.63. The Hall–Kier alpha value is -1.56. The SMILES string of the molecule is CCC1CCCN(c2cccc(F)c2C#N)C1. The number of nitriles is 1. The fraction of sp³-hybridized carbons (Fsp3) is 0.500. The highest BCUT2D eigenvalue weighted by Crippen LogP contribution is 2.28. The molecule has 1 aromatic rings. The largest absolute Gasteiger partial charge is 0.370 e. The first-order valence-electron chi connectivity index (χ1n) is 6.19. The van der Waals surface area contributed by atoms with E-state index in [9.17, 15) is 4.39 Å². The predicted octanol–water partition coefficient (Wildman–Crippen LogP) is 3.32. The lowest BCUT2D eigenvalue weighted by molar-refractivity contribution is 0.404. The zero-order valence-electron chi connectivity index (χ0n) is 10.1. The fourth-order valence-electron chi connectivity index (χ4n) is 2.50. The average Bonchev–Trinajstić information content (AvgIpc) is 2.38. The molecule has 1 aliphatic heterocycles. The molecule has 1 saturated heterocycles. The molecule has 0 saturated carbocycles. The molecule has 17 heavy (non-hydrogen) atoms. The van der Waals surface area contributed by atoms with Crippen molar-refractivity contribution in [1.29, 1.82) is 5.26 Å². The van der Waals surface area contributed by atoms with Gasteiger partial charge in [-0.05, 0) is 30.9 Å². The van der Waals surface area contributed by atoms with Crippen molar-refractivity contribution in [3.8, 4) is 6.07 Å². The summed E-state index contributed by atoms with van der Waals surface area (Å²) in [5, 5.41) is 9.04. The number of nitrogens with zero attached hydrogens (tertiary/aromatic N) is 2. The van der Waals surface area contributed by atoms with Gasteiger partial charge in [-0.1, -0.05) is 19.4 Å². The van der Waals surface area contributed by atoms with E-state index in [2.05, 4.69) is 11.8 Å². The number of hydrogen-bond acceptors (Lipinski definition) is 2. The van der Waals surface area contributed by atoms with Crippen LogP contribution in [0.25, 0.3) is 0 Å². The van der Waals surface area contributed by atoms with Crippen LogP contribution in [0, 0.1) is 23.1 Å². The van der Waals surface area contributed by atoms with E-state index in [1.54, 1.807) is 6.07 Å². The number of piperidine rings is 1. The van der Waals surface area contributed by atoms with E-state index in [4.69, 9.17) is 5.26 Å². The molecule has 0 radical (unpaired) electrons. The molecular formula is C14H17FN2. The Labute approximate surface area is 102 Å². The highest BCUT2D eigenvalue weighted by atomic mass is 19.1. The second-order valence-electron chi connectivity index (χ2n) is 4.61. The zero-order chi connectivity index (χ0) is 12.3. The Morgan fingerprint density at radius 3 is 3.06 bits per heavy atom. The molecule has 0 aromatic heterocycles. The van der Waals surface area contributed by atoms with E-state index in [1.807, 2.05) is 12.1 Å². The van der Waals surface area contributed by atoms with Crippen LogP contribution in [0.5, 0.6) is 0 Å². The van der Waals surface area contributed by atoms with Gasteiger partial charge in [-0.15, -0.1) is 0 Å². The monoisotopic (exact) mass is 232 g/mol. The molecule has 1 unspecified atom stereocenters. The van der Waals surface area contributed by atoms with E-state index in [1.165, 1.54) is 12.5 Å². The molecule has 1 heterocycles. The van der Waals surface area contributed by atoms with Gasteiger partial charge < -0.3 is 4.90 Å². The second kappa shape index (κ2) is 5.18. The van der Waals surface area contributed by atoms with Gasteiger partial charge in [0.15, 0.2) is 0 Å². The lowest BCUT2D eigenvalue weighted by Gasteiger charge is -2.34. The molecule has 3 heteroatoms. The van der Waals surface area contributed by atoms with Crippen LogP contribution in [0.2, 0.25) is 0 Å². The smallest absolute Gasteiger partial charge is 0.143 e. The molecule has 2 nitrogen and oxygen atoms in total. The van der Waals surface area contributed by atoms with Gasteiger partial charge in [0.25, 0.3) is 0 Å². The third-order valence-electron chi connectivity index (χ3n) is 3.54. The van der Waals surface area contributed by atoms with Crippen LogP contribution in [0.4, 0.5) is 10.1 Å². The minimum absolute atomic E-state index is 0.184. The van der Waals surface area contributed by atoms with Crippen molar-refractivity contribution in [3.05, 3.63) is 29.6 Å². The van der Waals surface area contributed by atoms with Gasteiger partial charge >= 0.3 is 0 Å². The number of benzene rings is 1. The van der Waals surface area contributed by atoms with Crippen molar-refractivity contribution in [3.63, 3.8) is 0 Å². The number of rotatable bonds is 2. The predicted molar refractivity (Wildman–Crippen MR) is 66.3 cm³/mol. The van der Waals surface area contributed by atoms with Crippen LogP contribution in [0.3, 0.4) is 0 Å². The molecule has 1 aromatic carbocycles. The minimum Gasteiger partial charge on any atom is -0.370 e. The number of anilines is 1. The van der Waals surface area contributed by atoms with Crippen molar-refractivity contribution in [2.75, 3.05) is 18.0 Å². The van der Waals surface area contributed by atoms with Crippen LogP contribution in [-0.2, 0) is 0 Å². The maximum Gasteiger partial charge on any atom is 0.143 e. The van der Waals surface area contributed by atoms with Gasteiger partial charge in [-0.25, -0.2) is 4.39 Å². The first-order valence-corrected chi connectivity index (χ1v) is 6.19. The summed E-state index contributed by atoms with van der Waals surface area (Å²) >= 11 is 0. The molecule has 0 N–H and O–H groups in total. The Bertz CT molecular complexity index is 436. The van der Waals surface area contributed by atoms with E-state index < -0.39 is 5.82 Å². The maximum atomic E-state index is 13.5. The third-order valence-corrected chi connectivity index (χ3v) is 3.54. The molecule has 0 amide bonds. The van der Waals surface area contributed by atoms with Crippen LogP contribution >= 0.6 is 0 Å². The van der Waals surface area contributed by atoms with E-state index >= 15 is 0 Å². The minimum atomic E-state index is -0.413. The van der Waals surface area contributed by atoms with Crippen LogP contribution in [-0.4, -0.2) is 13.1 Å². The van der Waals surface area contributed by atoms with Crippen molar-refractivity contribution < 1.29 is 4.39 Å². The topological polar surface area (TPSA) is 27.0 Å². The molecule has 0 aliphatic carbocycles. The summed E-state index contributed by atoms with van der Waals surface area (Å²) in [5.41, 5.74) is 0.940. The quantitative estimate of drug-likeness (QED) is 0.782. The summed E-state index contributed by atoms with van der Waals surface area (Å²) in [6.07, 6.45) is 3.51. The normalized spacial score (nSPS) is 20.1. The first kappa shape index (κ1) is 11.9. The molecule has 0 spiro atoms. The molecule has 1 fully saturated rings. The number of halogens is 1. The lowest BCUT2D eigenvalue weighted by Crippen LogP contribution is -2.35. The Balaban J connectivity index is 2.28. The Morgan fingerprint density at radius 2 is 2.35 bits per heavy atom. The Morgan fingerprint density at radius 1 is 1.53 bits per heavy atom. The standard InChI is InChI=1S/C14H17FN2/c1-2-11-5-4-8-17(10-11)14-7-3-6-13(15)12(14)9-16/h3,6-7,11H,2,4-5,8,10H2,1H3. The molecule has 2 rings (SSSR count). The first-order chi connectivity index (χ1) is 8.26.